The van der Waals surface area contributed by atoms with Gasteiger partial charge in [-0.1, -0.05) is 17.7 Å². The lowest BCUT2D eigenvalue weighted by Gasteiger charge is -2.15. The van der Waals surface area contributed by atoms with Crippen molar-refractivity contribution in [3.63, 3.8) is 0 Å². The van der Waals surface area contributed by atoms with Crippen molar-refractivity contribution in [3.8, 4) is 11.5 Å². The van der Waals surface area contributed by atoms with Crippen LogP contribution in [0.5, 0.6) is 11.5 Å². The molecule has 0 saturated carbocycles. The topological polar surface area (TPSA) is 69.7 Å². The van der Waals surface area contributed by atoms with Gasteiger partial charge in [0.05, 0.1) is 7.11 Å². The van der Waals surface area contributed by atoms with Crippen molar-refractivity contribution in [2.24, 2.45) is 0 Å². The van der Waals surface area contributed by atoms with E-state index in [4.69, 9.17) is 20.5 Å². The first-order chi connectivity index (χ1) is 11.4. The van der Waals surface area contributed by atoms with Crippen LogP contribution in [-0.2, 0) is 16.5 Å². The van der Waals surface area contributed by atoms with Crippen LogP contribution in [-0.4, -0.2) is 21.8 Å². The zero-order valence-corrected chi connectivity index (χ0v) is 14.4. The summed E-state index contributed by atoms with van der Waals surface area (Å²) in [4.78, 5) is 11.0. The van der Waals surface area contributed by atoms with Crippen molar-refractivity contribution in [2.75, 3.05) is 7.11 Å². The molecule has 0 radical (unpaired) electrons. The molecule has 7 heteroatoms. The normalized spacial score (nSPS) is 10.9. The van der Waals surface area contributed by atoms with Crippen molar-refractivity contribution < 1.29 is 22.1 Å². The first kappa shape index (κ1) is 18.0. The molecule has 0 unspecified atom stereocenters. The monoisotopic (exact) mass is 366 g/mol. The minimum Gasteiger partial charge on any atom is -0.493 e. The number of methoxy groups -OCH3 is 1. The Morgan fingerprint density at radius 3 is 2.42 bits per heavy atom. The molecule has 0 amide bonds. The number of halogens is 1. The molecular weight excluding hydrogens is 352 g/mol. The fourth-order valence-corrected chi connectivity index (χ4v) is 3.16. The van der Waals surface area contributed by atoms with Gasteiger partial charge in [-0.15, -0.1) is 6.58 Å². The molecule has 2 aromatic rings. The van der Waals surface area contributed by atoms with Gasteiger partial charge in [-0.05, 0) is 42.8 Å². The van der Waals surface area contributed by atoms with Crippen molar-refractivity contribution in [2.45, 2.75) is 11.3 Å². The second-order valence-electron chi connectivity index (χ2n) is 4.81. The van der Waals surface area contributed by atoms with Gasteiger partial charge in [0.1, 0.15) is 11.2 Å². The summed E-state index contributed by atoms with van der Waals surface area (Å²) in [5.41, 5.74) is 0.823. The summed E-state index contributed by atoms with van der Waals surface area (Å²) in [5, 5.41) is 0.411. The molecular formula is C17H15ClO5S. The molecule has 126 valence electrons. The van der Waals surface area contributed by atoms with E-state index in [0.717, 1.165) is 0 Å². The van der Waals surface area contributed by atoms with Crippen molar-refractivity contribution in [1.82, 2.24) is 0 Å². The first-order valence-corrected chi connectivity index (χ1v) is 8.67. The van der Waals surface area contributed by atoms with Gasteiger partial charge >= 0.3 is 10.1 Å². The number of hydrogen-bond donors (Lipinski definition) is 0. The molecule has 0 saturated heterocycles. The molecule has 0 aliphatic rings. The lowest BCUT2D eigenvalue weighted by Crippen LogP contribution is -2.12. The Hall–Kier alpha value is -2.31. The summed E-state index contributed by atoms with van der Waals surface area (Å²) in [6, 6.07) is 8.54. The van der Waals surface area contributed by atoms with E-state index in [2.05, 4.69) is 6.58 Å². The van der Waals surface area contributed by atoms with Gasteiger partial charge in [-0.25, -0.2) is 0 Å². The van der Waals surface area contributed by atoms with Crippen LogP contribution in [0.1, 0.15) is 15.9 Å². The molecule has 0 aliphatic carbocycles. The Balaban J connectivity index is 2.52. The van der Waals surface area contributed by atoms with Crippen molar-refractivity contribution in [1.29, 1.82) is 0 Å². The molecule has 5 nitrogen and oxygen atoms in total. The number of allylic oxidation sites excluding steroid dienone is 1. The van der Waals surface area contributed by atoms with Crippen LogP contribution >= 0.6 is 11.6 Å². The zero-order valence-electron chi connectivity index (χ0n) is 12.9. The Morgan fingerprint density at radius 1 is 1.21 bits per heavy atom. The highest BCUT2D eigenvalue weighted by Gasteiger charge is 2.22. The summed E-state index contributed by atoms with van der Waals surface area (Å²) in [6.07, 6.45) is 2.53. The minimum absolute atomic E-state index is 0.0259. The van der Waals surface area contributed by atoms with Gasteiger partial charge in [0.15, 0.2) is 11.5 Å². The molecule has 0 heterocycles. The van der Waals surface area contributed by atoms with Crippen LogP contribution in [0.4, 0.5) is 0 Å². The van der Waals surface area contributed by atoms with Gasteiger partial charge in [0.25, 0.3) is 0 Å². The fourth-order valence-electron chi connectivity index (χ4n) is 2.06. The predicted molar refractivity (Wildman–Crippen MR) is 91.5 cm³/mol. The third-order valence-corrected chi connectivity index (χ3v) is 4.66. The van der Waals surface area contributed by atoms with Crippen LogP contribution in [0, 0.1) is 0 Å². The highest BCUT2D eigenvalue weighted by molar-refractivity contribution is 7.87. The Bertz CT molecular complexity index is 857. The first-order valence-electron chi connectivity index (χ1n) is 6.88. The Morgan fingerprint density at radius 2 is 1.88 bits per heavy atom. The smallest absolute Gasteiger partial charge is 0.339 e. The molecule has 0 fully saturated rings. The Labute approximate surface area is 145 Å². The van der Waals surface area contributed by atoms with Crippen molar-refractivity contribution >= 4 is 28.0 Å². The van der Waals surface area contributed by atoms with E-state index in [9.17, 15) is 13.2 Å². The second kappa shape index (κ2) is 7.51. The lowest BCUT2D eigenvalue weighted by molar-refractivity contribution is 0.112. The minimum atomic E-state index is -4.08. The number of carbonyl (C=O) groups excluding carboxylic acids is 1. The van der Waals surface area contributed by atoms with Crippen LogP contribution in [0.3, 0.4) is 0 Å². The van der Waals surface area contributed by atoms with E-state index in [1.54, 1.807) is 6.08 Å². The van der Waals surface area contributed by atoms with Crippen molar-refractivity contribution in [3.05, 3.63) is 65.2 Å². The number of aldehydes is 1. The summed E-state index contributed by atoms with van der Waals surface area (Å²) in [6.45, 7) is 3.62. The van der Waals surface area contributed by atoms with E-state index in [0.29, 0.717) is 28.9 Å². The highest BCUT2D eigenvalue weighted by atomic mass is 35.5. The summed E-state index contributed by atoms with van der Waals surface area (Å²) in [5.74, 6) is 0.173. The fraction of sp³-hybridized carbons (Fsp3) is 0.118. The molecule has 2 rings (SSSR count). The number of ether oxygens (including phenoxy) is 1. The van der Waals surface area contributed by atoms with Crippen LogP contribution in [0.2, 0.25) is 5.02 Å². The molecule has 24 heavy (non-hydrogen) atoms. The largest absolute Gasteiger partial charge is 0.493 e. The number of carbonyl (C=O) groups is 1. The maximum Gasteiger partial charge on any atom is 0.339 e. The average Bonchev–Trinajstić information content (AvgIpc) is 2.56. The molecule has 0 spiro atoms. The van der Waals surface area contributed by atoms with Gasteiger partial charge < -0.3 is 8.92 Å². The molecule has 2 aromatic carbocycles. The summed E-state index contributed by atoms with van der Waals surface area (Å²) in [7, 11) is -2.72. The lowest BCUT2D eigenvalue weighted by atomic mass is 10.1. The van der Waals surface area contributed by atoms with E-state index in [1.165, 1.54) is 43.5 Å². The standard InChI is InChI=1S/C17H15ClO5S/c1-3-4-13-9-12(11-19)10-16(22-2)17(13)23-24(20,21)15-7-5-14(18)6-8-15/h3,5-11H,1,4H2,2H3. The maximum absolute atomic E-state index is 12.5. The molecule has 0 N–H and O–H groups in total. The van der Waals surface area contributed by atoms with E-state index >= 15 is 0 Å². The van der Waals surface area contributed by atoms with Crippen LogP contribution < -0.4 is 8.92 Å². The highest BCUT2D eigenvalue weighted by Crippen LogP contribution is 2.35. The zero-order chi connectivity index (χ0) is 17.7. The molecule has 0 aliphatic heterocycles. The van der Waals surface area contributed by atoms with E-state index < -0.39 is 10.1 Å². The average molecular weight is 367 g/mol. The van der Waals surface area contributed by atoms with Crippen LogP contribution in [0.25, 0.3) is 0 Å². The van der Waals surface area contributed by atoms with Gasteiger partial charge in [-0.3, -0.25) is 4.79 Å². The SMILES string of the molecule is C=CCc1cc(C=O)cc(OC)c1OS(=O)(=O)c1ccc(Cl)cc1. The van der Waals surface area contributed by atoms with Crippen LogP contribution in [0.15, 0.2) is 53.9 Å². The van der Waals surface area contributed by atoms with Gasteiger partial charge in [0, 0.05) is 16.1 Å². The molecule has 0 bridgehead atoms. The summed E-state index contributed by atoms with van der Waals surface area (Å²) >= 11 is 5.77. The number of rotatable bonds is 7. The quantitative estimate of drug-likeness (QED) is 0.425. The number of hydrogen-bond acceptors (Lipinski definition) is 5. The third-order valence-electron chi connectivity index (χ3n) is 3.17. The van der Waals surface area contributed by atoms with E-state index in [1.807, 2.05) is 0 Å². The number of benzene rings is 2. The summed E-state index contributed by atoms with van der Waals surface area (Å²) < 4.78 is 35.4. The molecule has 0 aromatic heterocycles. The molecule has 0 atom stereocenters. The van der Waals surface area contributed by atoms with Gasteiger partial charge in [0.2, 0.25) is 0 Å². The van der Waals surface area contributed by atoms with Gasteiger partial charge in [-0.2, -0.15) is 8.42 Å². The maximum atomic E-state index is 12.5. The third kappa shape index (κ3) is 3.96. The Kier molecular flexibility index (Phi) is 5.64. The second-order valence-corrected chi connectivity index (χ2v) is 6.80. The van der Waals surface area contributed by atoms with E-state index in [-0.39, 0.29) is 16.4 Å². The predicted octanol–water partition coefficient (Wildman–Crippen LogP) is 3.66.